The van der Waals surface area contributed by atoms with Crippen molar-refractivity contribution in [1.29, 1.82) is 0 Å². The van der Waals surface area contributed by atoms with Gasteiger partial charge in [-0.05, 0) is 0 Å². The average molecular weight is 387 g/mol. The first-order chi connectivity index (χ1) is 5.33. The van der Waals surface area contributed by atoms with Gasteiger partial charge in [0, 0.05) is 24.5 Å². The Bertz CT molecular complexity index is 138. The molecule has 0 bridgehead atoms. The van der Waals surface area contributed by atoms with Crippen LogP contribution in [0.2, 0.25) is 0 Å². The maximum absolute atomic E-state index is 8.25. The topological polar surface area (TPSA) is 128 Å². The summed E-state index contributed by atoms with van der Waals surface area (Å²) in [6, 6.07) is 0. The monoisotopic (exact) mass is 387 g/mol. The van der Waals surface area contributed by atoms with E-state index in [0.29, 0.717) is 0 Å². The molecule has 1 heterocycles. The number of carbonyl (C=O) groups is 2. The molecule has 0 atom stereocenters. The maximum Gasteiger partial charge on any atom is 2.00 e. The first kappa shape index (κ1) is 22.8. The summed E-state index contributed by atoms with van der Waals surface area (Å²) >= 11 is 1.60. The second kappa shape index (κ2) is 30.3. The SMILES string of the molecule is N.O=C[O-].O=C[O-].[Pt+2].c1cscn1. The molecule has 1 rings (SSSR count). The Kier molecular flexibility index (Phi) is 53.1. The largest absolute Gasteiger partial charge is 2.00 e. The smallest absolute Gasteiger partial charge is 0.554 e. The minimum atomic E-state index is -0.500. The van der Waals surface area contributed by atoms with E-state index < -0.39 is 12.9 Å². The Morgan fingerprint density at radius 2 is 1.62 bits per heavy atom. The molecule has 0 fully saturated rings. The summed E-state index contributed by atoms with van der Waals surface area (Å²) in [6.45, 7) is -1.00. The summed E-state index contributed by atoms with van der Waals surface area (Å²) in [5.41, 5.74) is 1.79. The van der Waals surface area contributed by atoms with E-state index in [4.69, 9.17) is 19.8 Å². The van der Waals surface area contributed by atoms with Crippen molar-refractivity contribution in [2.75, 3.05) is 0 Å². The van der Waals surface area contributed by atoms with Gasteiger partial charge in [0.25, 0.3) is 0 Å². The molecule has 0 spiro atoms. The van der Waals surface area contributed by atoms with Crippen LogP contribution in [-0.2, 0) is 30.7 Å². The molecular formula is C5H8N2O4PtS. The minimum Gasteiger partial charge on any atom is -0.554 e. The van der Waals surface area contributed by atoms with Gasteiger partial charge in [-0.3, -0.25) is 4.98 Å². The third kappa shape index (κ3) is 53.6. The number of thiazole rings is 1. The summed E-state index contributed by atoms with van der Waals surface area (Å²) in [4.78, 5) is 20.2. The summed E-state index contributed by atoms with van der Waals surface area (Å²) in [7, 11) is 0. The van der Waals surface area contributed by atoms with Gasteiger partial charge in [0.1, 0.15) is 0 Å². The molecule has 0 aliphatic rings. The van der Waals surface area contributed by atoms with Crippen molar-refractivity contribution in [3.63, 3.8) is 0 Å². The van der Waals surface area contributed by atoms with Gasteiger partial charge >= 0.3 is 21.1 Å². The molecule has 6 nitrogen and oxygen atoms in total. The van der Waals surface area contributed by atoms with Crippen molar-refractivity contribution in [3.8, 4) is 0 Å². The fraction of sp³-hybridized carbons (Fsp3) is 0. The van der Waals surface area contributed by atoms with E-state index in [-0.39, 0.29) is 27.2 Å². The Morgan fingerprint density at radius 3 is 1.69 bits per heavy atom. The standard InChI is InChI=1S/C3H3NS.2CH2O2.H3N.Pt/c1-2-5-3-4-1;2*2-1-3;;/h1-3H;2*1H,(H,2,3);1H3;/q;;;;+2/p-2. The quantitative estimate of drug-likeness (QED) is 0.515. The van der Waals surface area contributed by atoms with Crippen molar-refractivity contribution in [2.24, 2.45) is 0 Å². The molecular weight excluding hydrogens is 379 g/mol. The Morgan fingerprint density at radius 1 is 1.23 bits per heavy atom. The number of carboxylic acid groups (broad SMARTS) is 2. The van der Waals surface area contributed by atoms with Gasteiger partial charge in [-0.2, -0.15) is 0 Å². The first-order valence-electron chi connectivity index (χ1n) is 2.26. The fourth-order valence-electron chi connectivity index (χ4n) is 0.176. The van der Waals surface area contributed by atoms with Gasteiger partial charge in [0.15, 0.2) is 0 Å². The summed E-state index contributed by atoms with van der Waals surface area (Å²) < 4.78 is 0. The zero-order valence-electron chi connectivity index (χ0n) is 6.40. The van der Waals surface area contributed by atoms with Gasteiger partial charge in [-0.15, -0.1) is 11.3 Å². The first-order valence-corrected chi connectivity index (χ1v) is 3.21. The Hall–Kier alpha value is -0.782. The van der Waals surface area contributed by atoms with Crippen molar-refractivity contribution in [3.05, 3.63) is 17.1 Å². The normalized spacial score (nSPS) is 4.92. The van der Waals surface area contributed by atoms with Crippen LogP contribution in [-0.4, -0.2) is 17.9 Å². The second-order valence-electron chi connectivity index (χ2n) is 0.868. The van der Waals surface area contributed by atoms with E-state index >= 15 is 0 Å². The number of aromatic nitrogens is 1. The van der Waals surface area contributed by atoms with Crippen LogP contribution in [0.3, 0.4) is 0 Å². The molecule has 0 aliphatic carbocycles. The van der Waals surface area contributed by atoms with E-state index in [1.807, 2.05) is 5.38 Å². The molecule has 0 aromatic carbocycles. The van der Waals surface area contributed by atoms with Crippen LogP contribution in [0.25, 0.3) is 0 Å². The molecule has 1 aromatic heterocycles. The van der Waals surface area contributed by atoms with Gasteiger partial charge in [0.05, 0.1) is 5.51 Å². The molecule has 8 heteroatoms. The average Bonchev–Trinajstić information content (AvgIpc) is 2.44. The predicted molar refractivity (Wildman–Crippen MR) is 39.3 cm³/mol. The van der Waals surface area contributed by atoms with E-state index in [1.54, 1.807) is 23.0 Å². The third-order valence-electron chi connectivity index (χ3n) is 0.347. The molecule has 0 radical (unpaired) electrons. The Balaban J connectivity index is -0.0000000461. The maximum atomic E-state index is 8.25. The molecule has 3 N–H and O–H groups in total. The molecule has 0 saturated carbocycles. The van der Waals surface area contributed by atoms with E-state index in [1.165, 1.54) is 0 Å². The van der Waals surface area contributed by atoms with Crippen LogP contribution in [0.15, 0.2) is 17.1 Å². The van der Waals surface area contributed by atoms with Crippen molar-refractivity contribution in [2.45, 2.75) is 0 Å². The molecule has 1 aromatic rings. The van der Waals surface area contributed by atoms with Crippen LogP contribution in [0, 0.1) is 0 Å². The van der Waals surface area contributed by atoms with Crippen LogP contribution in [0.1, 0.15) is 0 Å². The minimum absolute atomic E-state index is 0. The van der Waals surface area contributed by atoms with Gasteiger partial charge < -0.3 is 26.0 Å². The van der Waals surface area contributed by atoms with Crippen molar-refractivity contribution in [1.82, 2.24) is 11.1 Å². The third-order valence-corrected chi connectivity index (χ3v) is 0.869. The fourth-order valence-corrected chi connectivity index (χ4v) is 0.527. The molecule has 13 heavy (non-hydrogen) atoms. The molecule has 0 saturated heterocycles. The van der Waals surface area contributed by atoms with Crippen LogP contribution in [0.5, 0.6) is 0 Å². The van der Waals surface area contributed by atoms with Gasteiger partial charge in [0.2, 0.25) is 0 Å². The zero-order chi connectivity index (χ0) is 8.95. The van der Waals surface area contributed by atoms with Crippen molar-refractivity contribution >= 4 is 24.3 Å². The summed E-state index contributed by atoms with van der Waals surface area (Å²) in [5.74, 6) is 0. The Labute approximate surface area is 93.5 Å². The van der Waals surface area contributed by atoms with Crippen LogP contribution in [0.4, 0.5) is 0 Å². The number of hydrogen-bond donors (Lipinski definition) is 1. The zero-order valence-corrected chi connectivity index (χ0v) is 9.49. The van der Waals surface area contributed by atoms with E-state index in [9.17, 15) is 0 Å². The van der Waals surface area contributed by atoms with Crippen LogP contribution >= 0.6 is 11.3 Å². The number of nitrogens with zero attached hydrogens (tertiary/aromatic N) is 1. The molecule has 0 amide bonds. The molecule has 0 aliphatic heterocycles. The van der Waals surface area contributed by atoms with Gasteiger partial charge in [-0.25, -0.2) is 0 Å². The van der Waals surface area contributed by atoms with Crippen molar-refractivity contribution < 1.29 is 40.9 Å². The predicted octanol–water partition coefficient (Wildman–Crippen LogP) is -1.97. The second-order valence-corrected chi connectivity index (χ2v) is 1.62. The summed E-state index contributed by atoms with van der Waals surface area (Å²) in [6.07, 6.45) is 1.77. The summed E-state index contributed by atoms with van der Waals surface area (Å²) in [5, 5.41) is 18.4. The molecule has 78 valence electrons. The molecule has 0 unspecified atom stereocenters. The number of hydrogen-bond acceptors (Lipinski definition) is 7. The number of rotatable bonds is 0. The van der Waals surface area contributed by atoms with Crippen LogP contribution < -0.4 is 16.4 Å². The van der Waals surface area contributed by atoms with E-state index in [2.05, 4.69) is 4.98 Å². The van der Waals surface area contributed by atoms with Gasteiger partial charge in [-0.1, -0.05) is 0 Å². The van der Waals surface area contributed by atoms with E-state index in [0.717, 1.165) is 0 Å². The number of carbonyl (C=O) groups excluding carboxylic acids is 2.